The third-order valence-electron chi connectivity index (χ3n) is 12.3. The summed E-state index contributed by atoms with van der Waals surface area (Å²) >= 11 is 0. The van der Waals surface area contributed by atoms with Crippen molar-refractivity contribution in [3.05, 3.63) is 95.7 Å². The number of amides is 5. The van der Waals surface area contributed by atoms with Crippen LogP contribution in [0.5, 0.6) is 0 Å². The van der Waals surface area contributed by atoms with Crippen LogP contribution in [0.15, 0.2) is 84.0 Å². The molecule has 0 radical (unpaired) electrons. The number of benzene rings is 3. The summed E-state index contributed by atoms with van der Waals surface area (Å²) in [5.41, 5.74) is 22.7. The summed E-state index contributed by atoms with van der Waals surface area (Å²) in [5.74, 6) is -3.87. The van der Waals surface area contributed by atoms with Gasteiger partial charge in [-0.1, -0.05) is 79.6 Å². The van der Waals surface area contributed by atoms with Crippen molar-refractivity contribution in [2.24, 2.45) is 28.1 Å². The summed E-state index contributed by atoms with van der Waals surface area (Å²) in [7, 11) is 0. The highest BCUT2D eigenvalue weighted by Crippen LogP contribution is 2.44. The fraction of sp³-hybridized carbons (Fsp3) is 0.413. The molecular formula is C46H55N9O7. The molecule has 2 fully saturated rings. The molecule has 1 aliphatic carbocycles. The maximum Gasteiger partial charge on any atom is 0.407 e. The van der Waals surface area contributed by atoms with Crippen molar-refractivity contribution in [2.45, 2.75) is 94.3 Å². The van der Waals surface area contributed by atoms with Crippen molar-refractivity contribution < 1.29 is 33.5 Å². The van der Waals surface area contributed by atoms with Crippen LogP contribution < -0.4 is 33.2 Å². The van der Waals surface area contributed by atoms with Crippen LogP contribution in [0.4, 0.5) is 4.79 Å². The van der Waals surface area contributed by atoms with Crippen molar-refractivity contribution >= 4 is 52.4 Å². The first-order valence-electron chi connectivity index (χ1n) is 21.4. The van der Waals surface area contributed by atoms with Gasteiger partial charge in [0.25, 0.3) is 0 Å². The molecule has 16 heteroatoms. The van der Waals surface area contributed by atoms with E-state index in [4.69, 9.17) is 21.9 Å². The number of para-hydroxylation sites is 1. The molecule has 5 atom stereocenters. The lowest BCUT2D eigenvalue weighted by Crippen LogP contribution is -2.55. The molecule has 10 N–H and O–H groups in total. The van der Waals surface area contributed by atoms with Crippen LogP contribution in [0.2, 0.25) is 0 Å². The van der Waals surface area contributed by atoms with E-state index in [9.17, 15) is 28.8 Å². The molecule has 2 saturated heterocycles. The Balaban J connectivity index is 1.13. The van der Waals surface area contributed by atoms with Gasteiger partial charge in [-0.3, -0.25) is 29.0 Å². The number of rotatable bonds is 10. The highest BCUT2D eigenvalue weighted by Gasteiger charge is 2.40. The third-order valence-corrected chi connectivity index (χ3v) is 12.3. The Labute approximate surface area is 359 Å². The summed E-state index contributed by atoms with van der Waals surface area (Å²) in [6.07, 6.45) is 3.32. The monoisotopic (exact) mass is 845 g/mol. The van der Waals surface area contributed by atoms with Crippen LogP contribution >= 0.6 is 0 Å². The standard InChI is InChI=1S/C46H55N9O7/c47-41(57)36-18-7-8-19-37(54-46(61)62-26-34-32-15-3-1-13-30(32)31-14-2-4-16-33(31)34)44(60)55-22-10-20-39(55)43(59)53-38(23-28-25-51-35-17-6-5-12-29(28)35)40(56)24-27(42(58)52-36)11-9-21-50-45(48)49/h1-6,12-17,25,27,34,36-39,51H,7-11,18-24,26H2,(H2,47,57)(H,52,58)(H,53,59)(H,54,61)(H4,48,49,50)/t27-,36+,37+,38+,39?/m1/s1. The number of primary amides is 1. The second-order valence-corrected chi connectivity index (χ2v) is 16.4. The van der Waals surface area contributed by atoms with Gasteiger partial charge in [0.2, 0.25) is 23.6 Å². The number of ketones is 1. The van der Waals surface area contributed by atoms with E-state index in [1.165, 1.54) is 4.90 Å². The smallest absolute Gasteiger partial charge is 0.407 e. The van der Waals surface area contributed by atoms with Gasteiger partial charge in [-0.2, -0.15) is 0 Å². The van der Waals surface area contributed by atoms with Crippen LogP contribution in [0.3, 0.4) is 0 Å². The Morgan fingerprint density at radius 1 is 0.823 bits per heavy atom. The van der Waals surface area contributed by atoms with E-state index < -0.39 is 65.6 Å². The van der Waals surface area contributed by atoms with Crippen LogP contribution in [0.1, 0.15) is 80.4 Å². The molecule has 7 rings (SSSR count). The fourth-order valence-corrected chi connectivity index (χ4v) is 9.11. The van der Waals surface area contributed by atoms with E-state index >= 15 is 0 Å². The zero-order chi connectivity index (χ0) is 43.8. The van der Waals surface area contributed by atoms with Crippen molar-refractivity contribution in [3.8, 4) is 11.1 Å². The summed E-state index contributed by atoms with van der Waals surface area (Å²) in [6.45, 7) is 0.517. The Morgan fingerprint density at radius 3 is 2.24 bits per heavy atom. The number of H-pyrrole nitrogens is 1. The lowest BCUT2D eigenvalue weighted by molar-refractivity contribution is -0.141. The number of fused-ring (bicyclic) bond motifs is 5. The minimum absolute atomic E-state index is 0.0383. The van der Waals surface area contributed by atoms with E-state index in [0.29, 0.717) is 32.1 Å². The molecule has 2 aliphatic heterocycles. The number of aliphatic imine (C=N–C) groups is 1. The Morgan fingerprint density at radius 2 is 1.52 bits per heavy atom. The molecule has 3 aromatic carbocycles. The summed E-state index contributed by atoms with van der Waals surface area (Å²) in [4.78, 5) is 92.1. The van der Waals surface area contributed by atoms with Gasteiger partial charge in [-0.25, -0.2) is 4.79 Å². The number of nitrogens with two attached hydrogens (primary N) is 3. The molecular weight excluding hydrogens is 791 g/mol. The van der Waals surface area contributed by atoms with Gasteiger partial charge in [-0.15, -0.1) is 0 Å². The number of ether oxygens (including phenoxy) is 1. The molecule has 62 heavy (non-hydrogen) atoms. The van der Waals surface area contributed by atoms with Gasteiger partial charge in [0.15, 0.2) is 11.7 Å². The molecule has 1 aromatic heterocycles. The number of carbonyl (C=O) groups is 6. The van der Waals surface area contributed by atoms with Crippen LogP contribution in [-0.4, -0.2) is 95.2 Å². The van der Waals surface area contributed by atoms with Gasteiger partial charge in [0.1, 0.15) is 24.7 Å². The Hall–Kier alpha value is -6.71. The van der Waals surface area contributed by atoms with Gasteiger partial charge < -0.3 is 47.8 Å². The number of aromatic amines is 1. The molecule has 326 valence electrons. The van der Waals surface area contributed by atoms with E-state index in [-0.39, 0.29) is 63.7 Å². The zero-order valence-corrected chi connectivity index (χ0v) is 34.6. The number of alkyl carbamates (subject to hydrolysis) is 1. The predicted octanol–water partition coefficient (Wildman–Crippen LogP) is 3.27. The average molecular weight is 846 g/mol. The molecule has 4 aromatic rings. The number of Topliss-reactive ketones (excluding diaryl/α,β-unsaturated/α-hetero) is 1. The Kier molecular flexibility index (Phi) is 13.8. The number of carbonyl (C=O) groups excluding carboxylic acids is 6. The summed E-state index contributed by atoms with van der Waals surface area (Å²) < 4.78 is 5.83. The van der Waals surface area contributed by atoms with Crippen LogP contribution in [-0.2, 0) is 35.1 Å². The number of hydrogen-bond donors (Lipinski definition) is 7. The van der Waals surface area contributed by atoms with E-state index in [1.54, 1.807) is 6.20 Å². The first kappa shape index (κ1) is 43.4. The third kappa shape index (κ3) is 10.1. The fourth-order valence-electron chi connectivity index (χ4n) is 9.11. The summed E-state index contributed by atoms with van der Waals surface area (Å²) in [6, 6.07) is 19.4. The van der Waals surface area contributed by atoms with Crippen molar-refractivity contribution in [2.75, 3.05) is 19.7 Å². The molecule has 3 heterocycles. The number of guanidine groups is 1. The van der Waals surface area contributed by atoms with Crippen molar-refractivity contribution in [1.29, 1.82) is 0 Å². The molecule has 5 amide bonds. The number of hydrogen-bond acceptors (Lipinski definition) is 8. The van der Waals surface area contributed by atoms with Gasteiger partial charge in [0, 0.05) is 54.9 Å². The maximum atomic E-state index is 14.5. The molecule has 0 saturated carbocycles. The first-order chi connectivity index (χ1) is 30.0. The van der Waals surface area contributed by atoms with Crippen LogP contribution in [0.25, 0.3) is 22.0 Å². The number of aromatic nitrogens is 1. The minimum atomic E-state index is -1.08. The molecule has 16 nitrogen and oxygen atoms in total. The second-order valence-electron chi connectivity index (χ2n) is 16.4. The predicted molar refractivity (Wildman–Crippen MR) is 233 cm³/mol. The highest BCUT2D eigenvalue weighted by molar-refractivity contribution is 5.97. The second kappa shape index (κ2) is 19.8. The molecule has 3 aliphatic rings. The lowest BCUT2D eigenvalue weighted by Gasteiger charge is -2.30. The first-order valence-corrected chi connectivity index (χ1v) is 21.4. The SMILES string of the molecule is NC(=O)[C@@H]1CCCC[C@H](NC(=O)OCC2c3ccccc3-c3ccccc32)C(=O)N2CCCC2C(=O)N[C@@H](Cc2c[nH]c3ccccc23)C(=O)C[C@@H](CCCN=C(N)N)C(=O)N1. The van der Waals surface area contributed by atoms with Crippen molar-refractivity contribution in [1.82, 2.24) is 25.8 Å². The number of nitrogens with zero attached hydrogens (tertiary/aromatic N) is 2. The highest BCUT2D eigenvalue weighted by atomic mass is 16.5. The van der Waals surface area contributed by atoms with Gasteiger partial charge >= 0.3 is 6.09 Å². The van der Waals surface area contributed by atoms with Crippen LogP contribution in [0, 0.1) is 5.92 Å². The zero-order valence-electron chi connectivity index (χ0n) is 34.6. The molecule has 0 spiro atoms. The van der Waals surface area contributed by atoms with Gasteiger partial charge in [0.05, 0.1) is 6.04 Å². The normalized spacial score (nSPS) is 22.5. The van der Waals surface area contributed by atoms with E-state index in [0.717, 1.165) is 38.7 Å². The maximum absolute atomic E-state index is 14.5. The number of nitrogens with one attached hydrogen (secondary N) is 4. The Bertz CT molecular complexity index is 2290. The lowest BCUT2D eigenvalue weighted by atomic mass is 9.90. The van der Waals surface area contributed by atoms with Gasteiger partial charge in [-0.05, 0) is 72.4 Å². The average Bonchev–Trinajstić information content (AvgIpc) is 4.00. The van der Waals surface area contributed by atoms with E-state index in [1.807, 2.05) is 72.8 Å². The molecule has 1 unspecified atom stereocenters. The largest absolute Gasteiger partial charge is 0.449 e. The minimum Gasteiger partial charge on any atom is -0.449 e. The summed E-state index contributed by atoms with van der Waals surface area (Å²) in [5, 5.41) is 9.38. The van der Waals surface area contributed by atoms with E-state index in [2.05, 4.69) is 25.9 Å². The molecule has 0 bridgehead atoms. The van der Waals surface area contributed by atoms with Crippen molar-refractivity contribution in [3.63, 3.8) is 0 Å². The topological polar surface area (TPSA) is 257 Å². The quantitative estimate of drug-likeness (QED) is 0.0702.